The zero-order chi connectivity index (χ0) is 17.8. The van der Waals surface area contributed by atoms with Crippen LogP contribution in [0.1, 0.15) is 12.1 Å². The second-order valence-electron chi connectivity index (χ2n) is 7.06. The van der Waals surface area contributed by atoms with Crippen molar-refractivity contribution in [1.29, 1.82) is 0 Å². The lowest BCUT2D eigenvalue weighted by Gasteiger charge is -2.34. The summed E-state index contributed by atoms with van der Waals surface area (Å²) < 4.78 is 7.38. The van der Waals surface area contributed by atoms with E-state index in [1.807, 2.05) is 29.3 Å². The van der Waals surface area contributed by atoms with E-state index < -0.39 is 0 Å². The van der Waals surface area contributed by atoms with Crippen LogP contribution in [0.4, 0.5) is 0 Å². The maximum atomic E-state index is 12.3. The zero-order valence-electron chi connectivity index (χ0n) is 15.2. The minimum Gasteiger partial charge on any atom is -0.378 e. The highest BCUT2D eigenvalue weighted by Gasteiger charge is 2.21. The summed E-state index contributed by atoms with van der Waals surface area (Å²) in [6.07, 6.45) is 4.77. The van der Waals surface area contributed by atoms with Gasteiger partial charge in [0.15, 0.2) is 0 Å². The Hall–Kier alpha value is -1.96. The van der Waals surface area contributed by atoms with Gasteiger partial charge in [-0.25, -0.2) is 4.98 Å². The summed E-state index contributed by atoms with van der Waals surface area (Å²) in [7, 11) is 0. The number of pyridine rings is 1. The van der Waals surface area contributed by atoms with Crippen LogP contribution in [0.5, 0.6) is 0 Å². The van der Waals surface area contributed by atoms with Crippen LogP contribution in [0.15, 0.2) is 30.6 Å². The van der Waals surface area contributed by atoms with Crippen LogP contribution >= 0.6 is 0 Å². The first-order valence-electron chi connectivity index (χ1n) is 9.51. The van der Waals surface area contributed by atoms with Gasteiger partial charge in [-0.05, 0) is 12.1 Å². The first kappa shape index (κ1) is 17.5. The molecule has 0 atom stereocenters. The van der Waals surface area contributed by atoms with Crippen molar-refractivity contribution in [2.75, 3.05) is 59.0 Å². The third-order valence-electron chi connectivity index (χ3n) is 5.27. The minimum absolute atomic E-state index is 0.264. The van der Waals surface area contributed by atoms with E-state index >= 15 is 0 Å². The van der Waals surface area contributed by atoms with Crippen LogP contribution in [0, 0.1) is 0 Å². The number of imidazole rings is 1. The Labute approximate surface area is 154 Å². The van der Waals surface area contributed by atoms with E-state index in [2.05, 4.69) is 25.4 Å². The number of carbonyl (C=O) groups excluding carboxylic acids is 1. The van der Waals surface area contributed by atoms with Crippen LogP contribution in [-0.4, -0.2) is 89.0 Å². The molecule has 0 radical (unpaired) electrons. The first-order valence-corrected chi connectivity index (χ1v) is 9.51. The molecule has 4 heterocycles. The SMILES string of the molecule is O=C(CCN1CCN(Cc2cn3ccccc3n2)CC1)N1CCOCC1. The maximum Gasteiger partial charge on any atom is 0.224 e. The second-order valence-corrected chi connectivity index (χ2v) is 7.06. The molecule has 2 aromatic heterocycles. The lowest BCUT2D eigenvalue weighted by atomic mass is 10.2. The zero-order valence-corrected chi connectivity index (χ0v) is 15.2. The number of amides is 1. The summed E-state index contributed by atoms with van der Waals surface area (Å²) in [6.45, 7) is 8.67. The number of rotatable bonds is 5. The van der Waals surface area contributed by atoms with E-state index in [0.29, 0.717) is 19.6 Å². The lowest BCUT2D eigenvalue weighted by molar-refractivity contribution is -0.135. The summed E-state index contributed by atoms with van der Waals surface area (Å²) in [5.74, 6) is 0.264. The number of aromatic nitrogens is 2. The summed E-state index contributed by atoms with van der Waals surface area (Å²) in [5.41, 5.74) is 2.12. The Morgan fingerprint density at radius 3 is 2.58 bits per heavy atom. The number of fused-ring (bicyclic) bond motifs is 1. The van der Waals surface area contributed by atoms with E-state index in [0.717, 1.165) is 63.7 Å². The molecule has 1 amide bonds. The molecule has 0 N–H and O–H groups in total. The number of ether oxygens (including phenoxy) is 1. The Kier molecular flexibility index (Phi) is 5.48. The van der Waals surface area contributed by atoms with E-state index in [1.165, 1.54) is 0 Å². The number of piperazine rings is 1. The Morgan fingerprint density at radius 1 is 1.04 bits per heavy atom. The Bertz CT molecular complexity index is 699. The highest BCUT2D eigenvalue weighted by atomic mass is 16.5. The first-order chi connectivity index (χ1) is 12.8. The van der Waals surface area contributed by atoms with Gasteiger partial charge in [0.2, 0.25) is 5.91 Å². The highest BCUT2D eigenvalue weighted by molar-refractivity contribution is 5.76. The van der Waals surface area contributed by atoms with Gasteiger partial charge in [0, 0.05) is 71.2 Å². The molecule has 0 unspecified atom stereocenters. The second kappa shape index (κ2) is 8.16. The Morgan fingerprint density at radius 2 is 1.81 bits per heavy atom. The van der Waals surface area contributed by atoms with Crippen molar-refractivity contribution in [1.82, 2.24) is 24.1 Å². The molecule has 2 fully saturated rings. The van der Waals surface area contributed by atoms with Crippen molar-refractivity contribution in [3.05, 3.63) is 36.3 Å². The fourth-order valence-corrected chi connectivity index (χ4v) is 3.69. The topological polar surface area (TPSA) is 53.3 Å². The van der Waals surface area contributed by atoms with Gasteiger partial charge in [-0.15, -0.1) is 0 Å². The molecule has 0 bridgehead atoms. The van der Waals surface area contributed by atoms with Crippen molar-refractivity contribution in [3.63, 3.8) is 0 Å². The molecule has 0 saturated carbocycles. The largest absolute Gasteiger partial charge is 0.378 e. The summed E-state index contributed by atoms with van der Waals surface area (Å²) in [5, 5.41) is 0. The standard InChI is InChI=1S/C19H27N5O2/c25-19(23-11-13-26-14-12-23)4-6-21-7-9-22(10-8-21)15-17-16-24-5-2-1-3-18(24)20-17/h1-3,5,16H,4,6-15H2. The molecule has 0 aliphatic carbocycles. The maximum absolute atomic E-state index is 12.3. The summed E-state index contributed by atoms with van der Waals surface area (Å²) >= 11 is 0. The molecule has 4 rings (SSSR count). The third-order valence-corrected chi connectivity index (χ3v) is 5.27. The van der Waals surface area contributed by atoms with Gasteiger partial charge in [0.25, 0.3) is 0 Å². The van der Waals surface area contributed by atoms with Crippen LogP contribution in [-0.2, 0) is 16.1 Å². The van der Waals surface area contributed by atoms with Gasteiger partial charge in [-0.2, -0.15) is 0 Å². The average Bonchev–Trinajstić information content (AvgIpc) is 3.10. The third kappa shape index (κ3) is 4.23. The molecule has 140 valence electrons. The lowest BCUT2D eigenvalue weighted by Crippen LogP contribution is -2.47. The van der Waals surface area contributed by atoms with Gasteiger partial charge in [0.1, 0.15) is 5.65 Å². The molecule has 0 spiro atoms. The van der Waals surface area contributed by atoms with Crippen molar-refractivity contribution in [2.45, 2.75) is 13.0 Å². The van der Waals surface area contributed by atoms with Gasteiger partial charge in [-0.3, -0.25) is 9.69 Å². The van der Waals surface area contributed by atoms with Crippen molar-refractivity contribution >= 4 is 11.6 Å². The van der Waals surface area contributed by atoms with Crippen molar-refractivity contribution in [2.24, 2.45) is 0 Å². The van der Waals surface area contributed by atoms with Gasteiger partial charge < -0.3 is 18.9 Å². The predicted octanol–water partition coefficient (Wildman–Crippen LogP) is 0.701. The predicted molar refractivity (Wildman–Crippen MR) is 98.9 cm³/mol. The number of hydrogen-bond donors (Lipinski definition) is 0. The average molecular weight is 357 g/mol. The molecule has 2 saturated heterocycles. The highest BCUT2D eigenvalue weighted by Crippen LogP contribution is 2.11. The van der Waals surface area contributed by atoms with Crippen LogP contribution < -0.4 is 0 Å². The molecule has 26 heavy (non-hydrogen) atoms. The van der Waals surface area contributed by atoms with E-state index in [-0.39, 0.29) is 5.91 Å². The van der Waals surface area contributed by atoms with Crippen molar-refractivity contribution < 1.29 is 9.53 Å². The molecule has 2 aliphatic heterocycles. The smallest absolute Gasteiger partial charge is 0.224 e. The minimum atomic E-state index is 0.264. The van der Waals surface area contributed by atoms with E-state index in [4.69, 9.17) is 4.74 Å². The van der Waals surface area contributed by atoms with Crippen LogP contribution in [0.3, 0.4) is 0 Å². The number of morpholine rings is 1. The van der Waals surface area contributed by atoms with Crippen LogP contribution in [0.25, 0.3) is 5.65 Å². The molecule has 7 nitrogen and oxygen atoms in total. The van der Waals surface area contributed by atoms with Crippen molar-refractivity contribution in [3.8, 4) is 0 Å². The van der Waals surface area contributed by atoms with Gasteiger partial charge in [-0.1, -0.05) is 6.07 Å². The van der Waals surface area contributed by atoms with E-state index in [9.17, 15) is 4.79 Å². The number of carbonyl (C=O) groups is 1. The molecular formula is C19H27N5O2. The van der Waals surface area contributed by atoms with Crippen LogP contribution in [0.2, 0.25) is 0 Å². The number of hydrogen-bond acceptors (Lipinski definition) is 5. The molecular weight excluding hydrogens is 330 g/mol. The molecule has 0 aromatic carbocycles. The molecule has 7 heteroatoms. The normalized spacial score (nSPS) is 19.9. The quantitative estimate of drug-likeness (QED) is 0.789. The monoisotopic (exact) mass is 357 g/mol. The summed E-state index contributed by atoms with van der Waals surface area (Å²) in [6, 6.07) is 6.07. The fourth-order valence-electron chi connectivity index (χ4n) is 3.69. The van der Waals surface area contributed by atoms with Gasteiger partial charge >= 0.3 is 0 Å². The van der Waals surface area contributed by atoms with E-state index in [1.54, 1.807) is 0 Å². The number of nitrogens with zero attached hydrogens (tertiary/aromatic N) is 5. The van der Waals surface area contributed by atoms with Gasteiger partial charge in [0.05, 0.1) is 18.9 Å². The molecule has 2 aliphatic rings. The summed E-state index contributed by atoms with van der Waals surface area (Å²) in [4.78, 5) is 23.7. The Balaban J connectivity index is 1.20. The molecule has 2 aromatic rings. The fraction of sp³-hybridized carbons (Fsp3) is 0.579.